The second kappa shape index (κ2) is 9.77. The van der Waals surface area contributed by atoms with Crippen LogP contribution in [0.15, 0.2) is 120 Å². The standard InChI is InChI=1S/C40H34N2O/c1-3-7-30(8-4-1)34-20-37-38(43-25-41-37)21-35(34)31-13-11-29(12-14-31)33-18-36(32-9-5-2-6-10-32)42-39(19-33)40-22-26-15-27(23-40)17-28(16-26)24-40/h1-14,18-21,25-28H,15-17,22-24H2. The Balaban J connectivity index is 1.15. The van der Waals surface area contributed by atoms with Gasteiger partial charge in [-0.25, -0.2) is 4.98 Å². The maximum atomic E-state index is 5.71. The lowest BCUT2D eigenvalue weighted by molar-refractivity contribution is -0.00712. The Morgan fingerprint density at radius 1 is 0.558 bits per heavy atom. The Kier molecular flexibility index (Phi) is 5.69. The number of oxazole rings is 1. The summed E-state index contributed by atoms with van der Waals surface area (Å²) in [5.41, 5.74) is 12.7. The first-order valence-corrected chi connectivity index (χ1v) is 15.8. The van der Waals surface area contributed by atoms with E-state index in [1.165, 1.54) is 78.4 Å². The molecule has 0 spiro atoms. The van der Waals surface area contributed by atoms with Gasteiger partial charge in [-0.3, -0.25) is 4.98 Å². The molecule has 0 aliphatic heterocycles. The van der Waals surface area contributed by atoms with E-state index in [0.717, 1.165) is 45.7 Å². The molecular weight excluding hydrogens is 524 g/mol. The number of benzene rings is 4. The highest BCUT2D eigenvalue weighted by atomic mass is 16.3. The molecule has 4 aromatic carbocycles. The van der Waals surface area contributed by atoms with Gasteiger partial charge in [0.1, 0.15) is 5.52 Å². The molecule has 2 heterocycles. The topological polar surface area (TPSA) is 38.9 Å². The Morgan fingerprint density at radius 3 is 1.81 bits per heavy atom. The van der Waals surface area contributed by atoms with E-state index in [0.29, 0.717) is 0 Å². The highest BCUT2D eigenvalue weighted by Gasteiger charge is 2.52. The van der Waals surface area contributed by atoms with Gasteiger partial charge in [0.2, 0.25) is 0 Å². The first-order valence-electron chi connectivity index (χ1n) is 15.8. The quantitative estimate of drug-likeness (QED) is 0.211. The normalized spacial score (nSPS) is 24.0. The first-order chi connectivity index (χ1) is 21.2. The minimum Gasteiger partial charge on any atom is -0.443 e. The van der Waals surface area contributed by atoms with Gasteiger partial charge in [-0.05, 0) is 114 Å². The second-order valence-corrected chi connectivity index (χ2v) is 13.4. The third-order valence-electron chi connectivity index (χ3n) is 10.6. The molecule has 4 saturated carbocycles. The molecule has 4 aliphatic carbocycles. The zero-order chi connectivity index (χ0) is 28.4. The first kappa shape index (κ1) is 25.0. The third-order valence-corrected chi connectivity index (χ3v) is 10.6. The average molecular weight is 559 g/mol. The molecule has 6 aromatic rings. The number of fused-ring (bicyclic) bond motifs is 1. The number of hydrogen-bond donors (Lipinski definition) is 0. The van der Waals surface area contributed by atoms with Crippen molar-refractivity contribution in [2.75, 3.05) is 0 Å². The fourth-order valence-electron chi connectivity index (χ4n) is 8.99. The summed E-state index contributed by atoms with van der Waals surface area (Å²) in [6.07, 6.45) is 9.80. The van der Waals surface area contributed by atoms with Gasteiger partial charge in [0.15, 0.2) is 12.0 Å². The zero-order valence-electron chi connectivity index (χ0n) is 24.2. The van der Waals surface area contributed by atoms with Crippen molar-refractivity contribution in [1.82, 2.24) is 9.97 Å². The number of nitrogens with zero attached hydrogens (tertiary/aromatic N) is 2. The SMILES string of the molecule is c1ccc(-c2cc(-c3ccc(-c4cc5ocnc5cc4-c4ccccc4)cc3)cc(C34CC5CC(CC(C5)C3)C4)n2)cc1. The van der Waals surface area contributed by atoms with Crippen molar-refractivity contribution < 1.29 is 4.42 Å². The van der Waals surface area contributed by atoms with Crippen molar-refractivity contribution in [2.45, 2.75) is 43.9 Å². The molecule has 0 amide bonds. The lowest BCUT2D eigenvalue weighted by atomic mass is 9.48. The number of aromatic nitrogens is 2. The van der Waals surface area contributed by atoms with Crippen LogP contribution in [-0.4, -0.2) is 9.97 Å². The van der Waals surface area contributed by atoms with E-state index in [-0.39, 0.29) is 5.41 Å². The summed E-state index contributed by atoms with van der Waals surface area (Å²) >= 11 is 0. The van der Waals surface area contributed by atoms with Crippen LogP contribution in [0, 0.1) is 17.8 Å². The molecule has 0 radical (unpaired) electrons. The fraction of sp³-hybridized carbons (Fsp3) is 0.250. The van der Waals surface area contributed by atoms with Gasteiger partial charge in [0, 0.05) is 16.7 Å². The molecule has 4 bridgehead atoms. The molecule has 43 heavy (non-hydrogen) atoms. The van der Waals surface area contributed by atoms with Crippen molar-refractivity contribution in [2.24, 2.45) is 17.8 Å². The van der Waals surface area contributed by atoms with Crippen molar-refractivity contribution in [1.29, 1.82) is 0 Å². The van der Waals surface area contributed by atoms with Gasteiger partial charge in [-0.2, -0.15) is 0 Å². The molecular formula is C40H34N2O. The van der Waals surface area contributed by atoms with E-state index >= 15 is 0 Å². The average Bonchev–Trinajstić information content (AvgIpc) is 3.52. The summed E-state index contributed by atoms with van der Waals surface area (Å²) in [4.78, 5) is 9.87. The van der Waals surface area contributed by atoms with Crippen molar-refractivity contribution in [3.63, 3.8) is 0 Å². The molecule has 4 aliphatic rings. The van der Waals surface area contributed by atoms with Gasteiger partial charge in [-0.15, -0.1) is 0 Å². The molecule has 4 fully saturated rings. The molecule has 3 nitrogen and oxygen atoms in total. The number of rotatable bonds is 5. The van der Waals surface area contributed by atoms with Crippen LogP contribution in [0.5, 0.6) is 0 Å². The number of pyridine rings is 1. The van der Waals surface area contributed by atoms with Crippen LogP contribution in [0.3, 0.4) is 0 Å². The molecule has 2 aromatic heterocycles. The van der Waals surface area contributed by atoms with Gasteiger partial charge in [-0.1, -0.05) is 84.9 Å². The highest BCUT2D eigenvalue weighted by Crippen LogP contribution is 2.60. The van der Waals surface area contributed by atoms with Crippen molar-refractivity contribution in [3.05, 3.63) is 121 Å². The summed E-state index contributed by atoms with van der Waals surface area (Å²) < 4.78 is 5.71. The predicted molar refractivity (Wildman–Crippen MR) is 173 cm³/mol. The molecule has 210 valence electrons. The molecule has 3 heteroatoms. The van der Waals surface area contributed by atoms with Crippen molar-refractivity contribution >= 4 is 11.1 Å². The summed E-state index contributed by atoms with van der Waals surface area (Å²) in [7, 11) is 0. The second-order valence-electron chi connectivity index (χ2n) is 13.4. The Bertz CT molecular complexity index is 1900. The van der Waals surface area contributed by atoms with Crippen LogP contribution in [0.25, 0.3) is 55.7 Å². The maximum Gasteiger partial charge on any atom is 0.181 e. The predicted octanol–water partition coefficient (Wildman–Crippen LogP) is 10.4. The van der Waals surface area contributed by atoms with Gasteiger partial charge < -0.3 is 4.42 Å². The Labute approximate surface area is 252 Å². The molecule has 10 rings (SSSR count). The van der Waals surface area contributed by atoms with Crippen LogP contribution < -0.4 is 0 Å². The van der Waals surface area contributed by atoms with Crippen LogP contribution in [0.1, 0.15) is 44.2 Å². The Hall–Kier alpha value is -4.50. The van der Waals surface area contributed by atoms with E-state index in [9.17, 15) is 0 Å². The van der Waals surface area contributed by atoms with E-state index in [4.69, 9.17) is 9.40 Å². The molecule has 0 unspecified atom stereocenters. The largest absolute Gasteiger partial charge is 0.443 e. The van der Waals surface area contributed by atoms with Crippen LogP contribution in [0.4, 0.5) is 0 Å². The van der Waals surface area contributed by atoms with Crippen LogP contribution >= 0.6 is 0 Å². The van der Waals surface area contributed by atoms with E-state index < -0.39 is 0 Å². The smallest absolute Gasteiger partial charge is 0.181 e. The van der Waals surface area contributed by atoms with Crippen LogP contribution in [0.2, 0.25) is 0 Å². The third kappa shape index (κ3) is 4.33. The molecule has 0 N–H and O–H groups in total. The zero-order valence-corrected chi connectivity index (χ0v) is 24.2. The summed E-state index contributed by atoms with van der Waals surface area (Å²) in [5, 5.41) is 0. The number of hydrogen-bond acceptors (Lipinski definition) is 3. The Morgan fingerprint density at radius 2 is 1.14 bits per heavy atom. The van der Waals surface area contributed by atoms with Gasteiger partial charge in [0.25, 0.3) is 0 Å². The molecule has 0 saturated heterocycles. The van der Waals surface area contributed by atoms with E-state index in [2.05, 4.69) is 114 Å². The minimum absolute atomic E-state index is 0.241. The summed E-state index contributed by atoms with van der Waals surface area (Å²) in [5.74, 6) is 2.66. The lowest BCUT2D eigenvalue weighted by Crippen LogP contribution is -2.49. The lowest BCUT2D eigenvalue weighted by Gasteiger charge is -2.56. The maximum absolute atomic E-state index is 5.71. The van der Waals surface area contributed by atoms with Gasteiger partial charge >= 0.3 is 0 Å². The van der Waals surface area contributed by atoms with E-state index in [1.807, 2.05) is 0 Å². The summed E-state index contributed by atoms with van der Waals surface area (Å²) in [6.45, 7) is 0. The monoisotopic (exact) mass is 558 g/mol. The van der Waals surface area contributed by atoms with Gasteiger partial charge in [0.05, 0.1) is 5.69 Å². The highest BCUT2D eigenvalue weighted by molar-refractivity contribution is 5.93. The minimum atomic E-state index is 0.241. The van der Waals surface area contributed by atoms with Crippen LogP contribution in [-0.2, 0) is 5.41 Å². The van der Waals surface area contributed by atoms with Crippen molar-refractivity contribution in [3.8, 4) is 44.6 Å². The summed E-state index contributed by atoms with van der Waals surface area (Å²) in [6, 6.07) is 39.4. The fourth-order valence-corrected chi connectivity index (χ4v) is 8.99. The molecule has 0 atom stereocenters. The van der Waals surface area contributed by atoms with E-state index in [1.54, 1.807) is 0 Å².